The fourth-order valence-electron chi connectivity index (χ4n) is 2.44. The Labute approximate surface area is 124 Å². The SMILES string of the molecule is COc1cccc(CN(C)c2c(CCl)c(C)nn2C)c1. The number of nitrogens with zero attached hydrogens (tertiary/aromatic N) is 3. The van der Waals surface area contributed by atoms with Crippen molar-refractivity contribution in [2.45, 2.75) is 19.3 Å². The number of benzene rings is 1. The molecule has 108 valence electrons. The van der Waals surface area contributed by atoms with Gasteiger partial charge in [-0.2, -0.15) is 5.10 Å². The molecule has 0 saturated heterocycles. The van der Waals surface area contributed by atoms with Crippen molar-refractivity contribution in [2.75, 3.05) is 19.1 Å². The summed E-state index contributed by atoms with van der Waals surface area (Å²) in [7, 11) is 5.67. The summed E-state index contributed by atoms with van der Waals surface area (Å²) >= 11 is 6.05. The van der Waals surface area contributed by atoms with Crippen LogP contribution in [0.3, 0.4) is 0 Å². The van der Waals surface area contributed by atoms with Crippen LogP contribution in [-0.2, 0) is 19.5 Å². The van der Waals surface area contributed by atoms with Crippen LogP contribution in [0.4, 0.5) is 5.82 Å². The van der Waals surface area contributed by atoms with Crippen LogP contribution < -0.4 is 9.64 Å². The molecule has 2 aromatic rings. The third kappa shape index (κ3) is 2.90. The van der Waals surface area contributed by atoms with Crippen molar-refractivity contribution in [2.24, 2.45) is 7.05 Å². The normalized spacial score (nSPS) is 10.7. The van der Waals surface area contributed by atoms with Crippen LogP contribution in [0.2, 0.25) is 0 Å². The number of anilines is 1. The van der Waals surface area contributed by atoms with Gasteiger partial charge in [0.2, 0.25) is 0 Å². The maximum Gasteiger partial charge on any atom is 0.131 e. The lowest BCUT2D eigenvalue weighted by Gasteiger charge is -2.21. The highest BCUT2D eigenvalue weighted by Gasteiger charge is 2.16. The molecule has 0 fully saturated rings. The van der Waals surface area contributed by atoms with E-state index in [0.717, 1.165) is 29.4 Å². The molecule has 0 aliphatic heterocycles. The number of hydrogen-bond donors (Lipinski definition) is 0. The van der Waals surface area contributed by atoms with Crippen molar-refractivity contribution in [3.8, 4) is 5.75 Å². The average molecular weight is 294 g/mol. The molecule has 0 bridgehead atoms. The van der Waals surface area contributed by atoms with Crippen molar-refractivity contribution in [1.29, 1.82) is 0 Å². The first-order valence-electron chi connectivity index (χ1n) is 6.49. The van der Waals surface area contributed by atoms with Crippen molar-refractivity contribution in [3.05, 3.63) is 41.1 Å². The predicted octanol–water partition coefficient (Wildman–Crippen LogP) is 3.11. The van der Waals surface area contributed by atoms with E-state index in [9.17, 15) is 0 Å². The first-order valence-corrected chi connectivity index (χ1v) is 7.02. The molecule has 2 rings (SSSR count). The smallest absolute Gasteiger partial charge is 0.131 e. The fraction of sp³-hybridized carbons (Fsp3) is 0.400. The Bertz CT molecular complexity index is 595. The lowest BCUT2D eigenvalue weighted by atomic mass is 10.2. The number of halogens is 1. The molecule has 0 spiro atoms. The maximum atomic E-state index is 6.05. The van der Waals surface area contributed by atoms with Gasteiger partial charge in [-0.1, -0.05) is 12.1 Å². The lowest BCUT2D eigenvalue weighted by Crippen LogP contribution is -2.20. The quantitative estimate of drug-likeness (QED) is 0.794. The largest absolute Gasteiger partial charge is 0.497 e. The van der Waals surface area contributed by atoms with Gasteiger partial charge in [-0.15, -0.1) is 11.6 Å². The monoisotopic (exact) mass is 293 g/mol. The number of aryl methyl sites for hydroxylation is 2. The van der Waals surface area contributed by atoms with E-state index in [2.05, 4.69) is 16.1 Å². The molecule has 0 N–H and O–H groups in total. The molecule has 4 nitrogen and oxygen atoms in total. The number of rotatable bonds is 5. The predicted molar refractivity (Wildman–Crippen MR) is 82.6 cm³/mol. The second kappa shape index (κ2) is 6.18. The zero-order valence-corrected chi connectivity index (χ0v) is 13.1. The molecule has 5 heteroatoms. The van der Waals surface area contributed by atoms with Gasteiger partial charge in [0.25, 0.3) is 0 Å². The van der Waals surface area contributed by atoms with E-state index in [-0.39, 0.29) is 0 Å². The molecule has 0 amide bonds. The lowest BCUT2D eigenvalue weighted by molar-refractivity contribution is 0.414. The van der Waals surface area contributed by atoms with E-state index >= 15 is 0 Å². The van der Waals surface area contributed by atoms with Gasteiger partial charge >= 0.3 is 0 Å². The number of alkyl halides is 1. The molecule has 0 aliphatic rings. The van der Waals surface area contributed by atoms with Crippen LogP contribution in [0.1, 0.15) is 16.8 Å². The Kier molecular flexibility index (Phi) is 4.55. The molecule has 1 aromatic heterocycles. The molecular formula is C15H20ClN3O. The standard InChI is InChI=1S/C15H20ClN3O/c1-11-14(9-16)15(19(3)17-11)18(2)10-12-6-5-7-13(8-12)20-4/h5-8H,9-10H2,1-4H3. The summed E-state index contributed by atoms with van der Waals surface area (Å²) in [5.41, 5.74) is 3.25. The molecule has 0 radical (unpaired) electrons. The van der Waals surface area contributed by atoms with Gasteiger partial charge in [-0.05, 0) is 24.6 Å². The molecular weight excluding hydrogens is 274 g/mol. The summed E-state index contributed by atoms with van der Waals surface area (Å²) in [6, 6.07) is 8.07. The minimum Gasteiger partial charge on any atom is -0.497 e. The zero-order valence-electron chi connectivity index (χ0n) is 12.4. The number of hydrogen-bond acceptors (Lipinski definition) is 3. The zero-order chi connectivity index (χ0) is 14.7. The molecule has 0 atom stereocenters. The van der Waals surface area contributed by atoms with Crippen LogP contribution >= 0.6 is 11.6 Å². The van der Waals surface area contributed by atoms with E-state index < -0.39 is 0 Å². The van der Waals surface area contributed by atoms with Crippen LogP contribution in [0.5, 0.6) is 5.75 Å². The van der Waals surface area contributed by atoms with Crippen LogP contribution in [0, 0.1) is 6.92 Å². The minimum atomic E-state index is 0.470. The Morgan fingerprint density at radius 1 is 1.40 bits per heavy atom. The van der Waals surface area contributed by atoms with Crippen molar-refractivity contribution in [3.63, 3.8) is 0 Å². The number of ether oxygens (including phenoxy) is 1. The van der Waals surface area contributed by atoms with E-state index in [1.807, 2.05) is 43.9 Å². The van der Waals surface area contributed by atoms with Gasteiger partial charge < -0.3 is 9.64 Å². The molecule has 1 heterocycles. The average Bonchev–Trinajstić information content (AvgIpc) is 2.72. The van der Waals surface area contributed by atoms with Gasteiger partial charge in [0, 0.05) is 26.2 Å². The highest BCUT2D eigenvalue weighted by Crippen LogP contribution is 2.25. The summed E-state index contributed by atoms with van der Waals surface area (Å²) in [4.78, 5) is 2.16. The second-order valence-corrected chi connectivity index (χ2v) is 5.12. The topological polar surface area (TPSA) is 30.3 Å². The Morgan fingerprint density at radius 3 is 2.80 bits per heavy atom. The first kappa shape index (κ1) is 14.7. The molecule has 20 heavy (non-hydrogen) atoms. The van der Waals surface area contributed by atoms with E-state index in [1.54, 1.807) is 7.11 Å². The summed E-state index contributed by atoms with van der Waals surface area (Å²) in [5, 5.41) is 4.44. The van der Waals surface area contributed by atoms with Gasteiger partial charge in [-0.3, -0.25) is 4.68 Å². The summed E-state index contributed by atoms with van der Waals surface area (Å²) in [6.07, 6.45) is 0. The van der Waals surface area contributed by atoms with Gasteiger partial charge in [0.15, 0.2) is 0 Å². The van der Waals surface area contributed by atoms with Crippen molar-refractivity contribution < 1.29 is 4.74 Å². The van der Waals surface area contributed by atoms with Crippen LogP contribution in [0.25, 0.3) is 0 Å². The second-order valence-electron chi connectivity index (χ2n) is 4.85. The number of aromatic nitrogens is 2. The van der Waals surface area contributed by atoms with Crippen LogP contribution in [0.15, 0.2) is 24.3 Å². The Hall–Kier alpha value is -1.68. The third-order valence-electron chi connectivity index (χ3n) is 3.36. The van der Waals surface area contributed by atoms with Crippen molar-refractivity contribution >= 4 is 17.4 Å². The van der Waals surface area contributed by atoms with Crippen molar-refractivity contribution in [1.82, 2.24) is 9.78 Å². The molecule has 0 unspecified atom stereocenters. The fourth-order valence-corrected chi connectivity index (χ4v) is 2.76. The van der Waals surface area contributed by atoms with Gasteiger partial charge in [-0.25, -0.2) is 0 Å². The number of methoxy groups -OCH3 is 1. The van der Waals surface area contributed by atoms with E-state index in [1.165, 1.54) is 5.56 Å². The Balaban J connectivity index is 2.25. The molecule has 0 aliphatic carbocycles. The minimum absolute atomic E-state index is 0.470. The molecule has 1 aromatic carbocycles. The van der Waals surface area contributed by atoms with Gasteiger partial charge in [0.05, 0.1) is 18.7 Å². The van der Waals surface area contributed by atoms with Gasteiger partial charge in [0.1, 0.15) is 11.6 Å². The highest BCUT2D eigenvalue weighted by atomic mass is 35.5. The summed E-state index contributed by atoms with van der Waals surface area (Å²) < 4.78 is 7.14. The van der Waals surface area contributed by atoms with E-state index in [0.29, 0.717) is 5.88 Å². The first-order chi connectivity index (χ1) is 9.56. The maximum absolute atomic E-state index is 6.05. The Morgan fingerprint density at radius 2 is 2.15 bits per heavy atom. The summed E-state index contributed by atoms with van der Waals surface area (Å²) in [6.45, 7) is 2.76. The third-order valence-corrected chi connectivity index (χ3v) is 3.63. The molecule has 0 saturated carbocycles. The highest BCUT2D eigenvalue weighted by molar-refractivity contribution is 6.17. The summed E-state index contributed by atoms with van der Waals surface area (Å²) in [5.74, 6) is 2.40. The van der Waals surface area contributed by atoms with Crippen LogP contribution in [-0.4, -0.2) is 23.9 Å². The van der Waals surface area contributed by atoms with E-state index in [4.69, 9.17) is 16.3 Å².